The fourth-order valence-electron chi connectivity index (χ4n) is 4.01. The van der Waals surface area contributed by atoms with Gasteiger partial charge in [-0.15, -0.1) is 5.10 Å². The van der Waals surface area contributed by atoms with E-state index in [9.17, 15) is 4.79 Å². The third kappa shape index (κ3) is 4.12. The van der Waals surface area contributed by atoms with Crippen molar-refractivity contribution in [2.24, 2.45) is 10.1 Å². The van der Waals surface area contributed by atoms with Crippen LogP contribution >= 0.6 is 11.8 Å². The minimum Gasteiger partial charge on any atom is -0.493 e. The van der Waals surface area contributed by atoms with Crippen molar-refractivity contribution in [3.05, 3.63) is 94.5 Å². The number of benzene rings is 3. The molecule has 172 valence electrons. The van der Waals surface area contributed by atoms with E-state index in [0.717, 1.165) is 27.5 Å². The molecule has 0 saturated heterocycles. The summed E-state index contributed by atoms with van der Waals surface area (Å²) in [4.78, 5) is 18.2. The molecule has 0 bridgehead atoms. The van der Waals surface area contributed by atoms with Crippen LogP contribution in [0.3, 0.4) is 0 Å². The molecular weight excluding hydrogens is 448 g/mol. The highest BCUT2D eigenvalue weighted by molar-refractivity contribution is 8.13. The lowest BCUT2D eigenvalue weighted by atomic mass is 10.1. The molecule has 0 spiro atoms. The first kappa shape index (κ1) is 22.0. The summed E-state index contributed by atoms with van der Waals surface area (Å²) in [6.07, 6.45) is -0.593. The van der Waals surface area contributed by atoms with Gasteiger partial charge in [-0.2, -0.15) is 0 Å². The Hall–Kier alpha value is -3.78. The van der Waals surface area contributed by atoms with Crippen molar-refractivity contribution >= 4 is 28.5 Å². The largest absolute Gasteiger partial charge is 0.493 e. The van der Waals surface area contributed by atoms with Gasteiger partial charge in [-0.3, -0.25) is 15.1 Å². The number of para-hydroxylation sites is 2. The van der Waals surface area contributed by atoms with E-state index in [4.69, 9.17) is 19.6 Å². The summed E-state index contributed by atoms with van der Waals surface area (Å²) >= 11 is 1.48. The van der Waals surface area contributed by atoms with Crippen molar-refractivity contribution in [3.8, 4) is 11.5 Å². The Morgan fingerprint density at radius 3 is 2.62 bits per heavy atom. The van der Waals surface area contributed by atoms with E-state index >= 15 is 0 Å². The molecule has 3 aromatic rings. The molecular formula is C26H24N4O3S. The predicted molar refractivity (Wildman–Crippen MR) is 133 cm³/mol. The van der Waals surface area contributed by atoms with Gasteiger partial charge in [0.15, 0.2) is 22.8 Å². The Balaban J connectivity index is 1.65. The first-order chi connectivity index (χ1) is 16.7. The molecule has 3 aromatic carbocycles. The van der Waals surface area contributed by atoms with Gasteiger partial charge in [-0.05, 0) is 23.4 Å². The zero-order valence-electron chi connectivity index (χ0n) is 18.9. The number of ether oxygens (including phenoxy) is 2. The molecule has 8 heteroatoms. The van der Waals surface area contributed by atoms with Crippen LogP contribution in [0.2, 0.25) is 0 Å². The lowest BCUT2D eigenvalue weighted by molar-refractivity contribution is -0.116. The highest BCUT2D eigenvalue weighted by Crippen LogP contribution is 2.40. The van der Waals surface area contributed by atoms with E-state index in [1.54, 1.807) is 12.1 Å². The number of amides is 1. The monoisotopic (exact) mass is 472 g/mol. The predicted octanol–water partition coefficient (Wildman–Crippen LogP) is 3.17. The second kappa shape index (κ2) is 9.61. The number of hydrogen-bond acceptors (Lipinski definition) is 7. The molecule has 5 rings (SSSR count). The summed E-state index contributed by atoms with van der Waals surface area (Å²) in [5.74, 6) is 1.75. The zero-order valence-corrected chi connectivity index (χ0v) is 19.7. The van der Waals surface area contributed by atoms with E-state index in [1.807, 2.05) is 79.7 Å². The molecule has 2 aliphatic heterocycles. The molecule has 1 amide bonds. The number of rotatable bonds is 6. The van der Waals surface area contributed by atoms with Crippen molar-refractivity contribution < 1.29 is 14.3 Å². The zero-order chi connectivity index (χ0) is 23.5. The van der Waals surface area contributed by atoms with Gasteiger partial charge in [-0.25, -0.2) is 5.01 Å². The fourth-order valence-corrected chi connectivity index (χ4v) is 4.60. The smallest absolute Gasteiger partial charge is 0.276 e. The second-order valence-electron chi connectivity index (χ2n) is 7.66. The van der Waals surface area contributed by atoms with Gasteiger partial charge in [0.2, 0.25) is 0 Å². The number of carbonyl (C=O) groups excluding carboxylic acids is 1. The Kier molecular flexibility index (Phi) is 6.22. The van der Waals surface area contributed by atoms with Gasteiger partial charge in [0.25, 0.3) is 5.91 Å². The molecule has 2 heterocycles. The number of thioether (sulfide) groups is 1. The van der Waals surface area contributed by atoms with Crippen LogP contribution in [0, 0.1) is 0 Å². The number of nitrogens with one attached hydrogen (secondary N) is 1. The molecule has 0 saturated carbocycles. The Morgan fingerprint density at radius 1 is 1.03 bits per heavy atom. The number of methoxy groups -OCH3 is 1. The van der Waals surface area contributed by atoms with Crippen molar-refractivity contribution in [1.82, 2.24) is 10.3 Å². The van der Waals surface area contributed by atoms with Crippen molar-refractivity contribution in [2.45, 2.75) is 19.7 Å². The van der Waals surface area contributed by atoms with Crippen molar-refractivity contribution in [2.75, 3.05) is 12.9 Å². The van der Waals surface area contributed by atoms with Crippen LogP contribution in [0.5, 0.6) is 11.5 Å². The number of hydrogen-bond donors (Lipinski definition) is 1. The van der Waals surface area contributed by atoms with Crippen LogP contribution in [0.25, 0.3) is 5.70 Å². The fraction of sp³-hybridized carbons (Fsp3) is 0.192. The molecule has 1 N–H and O–H groups in total. The molecule has 34 heavy (non-hydrogen) atoms. The number of nitrogens with zero attached hydrogens (tertiary/aromatic N) is 3. The van der Waals surface area contributed by atoms with Crippen LogP contribution in [-0.4, -0.2) is 28.9 Å². The van der Waals surface area contributed by atoms with Gasteiger partial charge in [0.05, 0.1) is 12.5 Å². The minimum atomic E-state index is -0.593. The van der Waals surface area contributed by atoms with E-state index in [0.29, 0.717) is 29.0 Å². The first-order valence-corrected chi connectivity index (χ1v) is 12.0. The molecule has 0 unspecified atom stereocenters. The maximum atomic E-state index is 13.2. The third-order valence-electron chi connectivity index (χ3n) is 5.53. The second-order valence-corrected chi connectivity index (χ2v) is 8.91. The molecule has 0 aromatic heterocycles. The summed E-state index contributed by atoms with van der Waals surface area (Å²) in [6.45, 7) is 2.39. The summed E-state index contributed by atoms with van der Waals surface area (Å²) in [5, 5.41) is 11.4. The van der Waals surface area contributed by atoms with Crippen LogP contribution in [-0.2, 0) is 11.4 Å². The van der Waals surface area contributed by atoms with Crippen LogP contribution < -0.4 is 25.4 Å². The highest BCUT2D eigenvalue weighted by Gasteiger charge is 2.36. The Bertz CT molecular complexity index is 1370. The Labute approximate surface area is 201 Å². The van der Waals surface area contributed by atoms with E-state index in [2.05, 4.69) is 5.32 Å². The van der Waals surface area contributed by atoms with Gasteiger partial charge in [0.1, 0.15) is 12.3 Å². The molecule has 0 radical (unpaired) electrons. The topological polar surface area (TPSA) is 75.5 Å². The SMILES string of the molecule is CCSC1=NN2C(=c3ccccc3=N[C@H]2c2cccc(OC)c2OCc2ccccc2)C(=O)N1. The maximum Gasteiger partial charge on any atom is 0.276 e. The van der Waals surface area contributed by atoms with Crippen LogP contribution in [0.1, 0.15) is 24.2 Å². The van der Waals surface area contributed by atoms with Crippen LogP contribution in [0.4, 0.5) is 0 Å². The van der Waals surface area contributed by atoms with Gasteiger partial charge in [-0.1, -0.05) is 79.3 Å². The van der Waals surface area contributed by atoms with Crippen molar-refractivity contribution in [1.29, 1.82) is 0 Å². The number of fused-ring (bicyclic) bond motifs is 2. The summed E-state index contributed by atoms with van der Waals surface area (Å²) in [7, 11) is 1.61. The third-order valence-corrected chi connectivity index (χ3v) is 6.28. The highest BCUT2D eigenvalue weighted by atomic mass is 32.2. The Morgan fingerprint density at radius 2 is 1.82 bits per heavy atom. The lowest BCUT2D eigenvalue weighted by Gasteiger charge is -2.34. The van der Waals surface area contributed by atoms with E-state index in [1.165, 1.54) is 11.8 Å². The quantitative estimate of drug-likeness (QED) is 0.597. The summed E-state index contributed by atoms with van der Waals surface area (Å²) in [5.41, 5.74) is 2.27. The minimum absolute atomic E-state index is 0.201. The molecule has 2 aliphatic rings. The number of amidine groups is 1. The first-order valence-electron chi connectivity index (χ1n) is 11.0. The normalized spacial score (nSPS) is 16.6. The molecule has 1 atom stereocenters. The molecule has 0 aliphatic carbocycles. The number of hydrazone groups is 1. The summed E-state index contributed by atoms with van der Waals surface area (Å²) in [6, 6.07) is 23.2. The number of carbonyl (C=O) groups is 1. The molecule has 7 nitrogen and oxygen atoms in total. The maximum absolute atomic E-state index is 13.2. The van der Waals surface area contributed by atoms with Crippen LogP contribution in [0.15, 0.2) is 82.9 Å². The average molecular weight is 473 g/mol. The van der Waals surface area contributed by atoms with Crippen molar-refractivity contribution in [3.63, 3.8) is 0 Å². The van der Waals surface area contributed by atoms with Gasteiger partial charge in [0, 0.05) is 10.8 Å². The summed E-state index contributed by atoms with van der Waals surface area (Å²) < 4.78 is 11.9. The lowest BCUT2D eigenvalue weighted by Crippen LogP contribution is -2.50. The van der Waals surface area contributed by atoms with Gasteiger partial charge < -0.3 is 9.47 Å². The van der Waals surface area contributed by atoms with E-state index in [-0.39, 0.29) is 5.91 Å². The van der Waals surface area contributed by atoms with E-state index < -0.39 is 6.17 Å². The van der Waals surface area contributed by atoms with Gasteiger partial charge >= 0.3 is 0 Å². The average Bonchev–Trinajstić information content (AvgIpc) is 2.87. The molecule has 0 fully saturated rings. The standard InChI is InChI=1S/C26H24N4O3S/c1-3-34-26-28-25(31)22-18-12-7-8-14-20(18)27-24(30(22)29-26)19-13-9-15-21(32-2)23(19)33-16-17-10-5-4-6-11-17/h4-15,24H,3,16H2,1-2H3,(H,28,29,31)/t24-/m1/s1.